The first-order chi connectivity index (χ1) is 9.45. The first-order valence-corrected chi connectivity index (χ1v) is 7.52. The van der Waals surface area contributed by atoms with Crippen molar-refractivity contribution in [2.45, 2.75) is 53.0 Å². The van der Waals surface area contributed by atoms with Gasteiger partial charge in [0.2, 0.25) is 0 Å². The van der Waals surface area contributed by atoms with Crippen LogP contribution in [0.4, 0.5) is 11.6 Å². The summed E-state index contributed by atoms with van der Waals surface area (Å²) in [5.74, 6) is 2.30. The lowest BCUT2D eigenvalue weighted by atomic mass is 10.2. The van der Waals surface area contributed by atoms with Gasteiger partial charge in [-0.3, -0.25) is 0 Å². The van der Waals surface area contributed by atoms with Gasteiger partial charge in [-0.15, -0.1) is 0 Å². The van der Waals surface area contributed by atoms with E-state index in [0.29, 0.717) is 11.9 Å². The number of nitrogens with two attached hydrogens (primary N) is 1. The van der Waals surface area contributed by atoms with E-state index >= 15 is 0 Å². The van der Waals surface area contributed by atoms with Crippen LogP contribution in [0.15, 0.2) is 0 Å². The van der Waals surface area contributed by atoms with Gasteiger partial charge in [0.1, 0.15) is 17.5 Å². The molecule has 0 aliphatic carbocycles. The maximum atomic E-state index is 5.94. The predicted octanol–water partition coefficient (Wildman–Crippen LogP) is 2.46. The molecule has 0 spiro atoms. The summed E-state index contributed by atoms with van der Waals surface area (Å²) >= 11 is 0. The Balaban J connectivity index is 2.54. The molecule has 0 saturated heterocycles. The van der Waals surface area contributed by atoms with Crippen LogP contribution < -0.4 is 11.1 Å². The molecule has 0 aromatic carbocycles. The summed E-state index contributed by atoms with van der Waals surface area (Å²) in [6.45, 7) is 10.5. The van der Waals surface area contributed by atoms with Gasteiger partial charge in [-0.1, -0.05) is 6.92 Å². The minimum absolute atomic E-state index is 0.586. The fourth-order valence-corrected chi connectivity index (χ4v) is 1.88. The van der Waals surface area contributed by atoms with Crippen LogP contribution in [0.25, 0.3) is 0 Å². The average molecular weight is 279 g/mol. The molecule has 0 radical (unpaired) electrons. The lowest BCUT2D eigenvalue weighted by Gasteiger charge is -2.21. The van der Waals surface area contributed by atoms with E-state index in [0.717, 1.165) is 49.6 Å². The number of nitrogens with one attached hydrogen (secondary N) is 1. The predicted molar refractivity (Wildman–Crippen MR) is 86.0 cm³/mol. The third-order valence-corrected chi connectivity index (χ3v) is 3.56. The smallest absolute Gasteiger partial charge is 0.134 e. The summed E-state index contributed by atoms with van der Waals surface area (Å²) in [6.07, 6.45) is 2.98. The van der Waals surface area contributed by atoms with Gasteiger partial charge in [0.15, 0.2) is 0 Å². The SMILES string of the molecule is CCCc1nc(N)c(C)c(NCCCN(C)C(C)C)n1. The molecule has 3 N–H and O–H groups in total. The van der Waals surface area contributed by atoms with E-state index in [1.807, 2.05) is 6.92 Å². The Kier molecular flexibility index (Phi) is 6.71. The molecule has 0 aliphatic heterocycles. The minimum atomic E-state index is 0.586. The van der Waals surface area contributed by atoms with Crippen LogP contribution in [0.2, 0.25) is 0 Å². The molecule has 114 valence electrons. The Bertz CT molecular complexity index is 417. The average Bonchev–Trinajstić information content (AvgIpc) is 2.39. The summed E-state index contributed by atoms with van der Waals surface area (Å²) in [7, 11) is 2.15. The summed E-state index contributed by atoms with van der Waals surface area (Å²) in [5, 5.41) is 3.39. The normalized spacial score (nSPS) is 11.3. The zero-order valence-corrected chi connectivity index (χ0v) is 13.5. The van der Waals surface area contributed by atoms with Crippen molar-refractivity contribution in [1.29, 1.82) is 0 Å². The second kappa shape index (κ2) is 8.04. The van der Waals surface area contributed by atoms with E-state index in [4.69, 9.17) is 5.73 Å². The zero-order valence-electron chi connectivity index (χ0n) is 13.5. The number of aryl methyl sites for hydroxylation is 1. The standard InChI is InChI=1S/C15H29N5/c1-6-8-13-18-14(16)12(4)15(19-13)17-9-7-10-20(5)11(2)3/h11H,6-10H2,1-5H3,(H3,16,17,18,19). The third-order valence-electron chi connectivity index (χ3n) is 3.56. The van der Waals surface area contributed by atoms with Crippen molar-refractivity contribution in [2.75, 3.05) is 31.2 Å². The van der Waals surface area contributed by atoms with Gasteiger partial charge in [-0.25, -0.2) is 9.97 Å². The van der Waals surface area contributed by atoms with E-state index in [1.165, 1.54) is 0 Å². The maximum absolute atomic E-state index is 5.94. The molecule has 0 aliphatic rings. The fourth-order valence-electron chi connectivity index (χ4n) is 1.88. The maximum Gasteiger partial charge on any atom is 0.134 e. The molecule has 0 unspecified atom stereocenters. The number of anilines is 2. The van der Waals surface area contributed by atoms with Crippen LogP contribution in [0.3, 0.4) is 0 Å². The molecular weight excluding hydrogens is 250 g/mol. The van der Waals surface area contributed by atoms with E-state index in [2.05, 4.69) is 48.0 Å². The number of rotatable bonds is 8. The summed E-state index contributed by atoms with van der Waals surface area (Å²) in [6, 6.07) is 0.586. The Labute approximate surface area is 123 Å². The lowest BCUT2D eigenvalue weighted by molar-refractivity contribution is 0.273. The molecule has 0 bridgehead atoms. The van der Waals surface area contributed by atoms with Crippen LogP contribution >= 0.6 is 0 Å². The molecule has 1 aromatic heterocycles. The molecular formula is C15H29N5. The highest BCUT2D eigenvalue weighted by molar-refractivity contribution is 5.54. The molecule has 20 heavy (non-hydrogen) atoms. The quantitative estimate of drug-likeness (QED) is 0.716. The number of nitrogen functional groups attached to an aromatic ring is 1. The first kappa shape index (κ1) is 16.7. The Morgan fingerprint density at radius 2 is 2.00 bits per heavy atom. The van der Waals surface area contributed by atoms with Crippen molar-refractivity contribution in [1.82, 2.24) is 14.9 Å². The number of aromatic nitrogens is 2. The third kappa shape index (κ3) is 4.96. The Morgan fingerprint density at radius 1 is 1.30 bits per heavy atom. The van der Waals surface area contributed by atoms with Gasteiger partial charge in [-0.05, 0) is 47.2 Å². The molecule has 0 amide bonds. The van der Waals surface area contributed by atoms with Crippen LogP contribution in [0.5, 0.6) is 0 Å². The van der Waals surface area contributed by atoms with Crippen molar-refractivity contribution >= 4 is 11.6 Å². The molecule has 0 atom stereocenters. The van der Waals surface area contributed by atoms with Crippen molar-refractivity contribution < 1.29 is 0 Å². The largest absolute Gasteiger partial charge is 0.383 e. The first-order valence-electron chi connectivity index (χ1n) is 7.52. The molecule has 5 nitrogen and oxygen atoms in total. The molecule has 0 saturated carbocycles. The highest BCUT2D eigenvalue weighted by atomic mass is 15.1. The van der Waals surface area contributed by atoms with Gasteiger partial charge in [0, 0.05) is 24.6 Å². The zero-order chi connectivity index (χ0) is 15.1. The lowest BCUT2D eigenvalue weighted by Crippen LogP contribution is -2.28. The Hall–Kier alpha value is -1.36. The van der Waals surface area contributed by atoms with Crippen LogP contribution in [0, 0.1) is 6.92 Å². The topological polar surface area (TPSA) is 67.1 Å². The number of nitrogens with zero attached hydrogens (tertiary/aromatic N) is 3. The molecule has 5 heteroatoms. The van der Waals surface area contributed by atoms with Gasteiger partial charge in [0.05, 0.1) is 0 Å². The summed E-state index contributed by atoms with van der Waals surface area (Å²) in [5.41, 5.74) is 6.89. The van der Waals surface area contributed by atoms with E-state index in [-0.39, 0.29) is 0 Å². The van der Waals surface area contributed by atoms with Gasteiger partial charge in [-0.2, -0.15) is 0 Å². The second-order valence-electron chi connectivity index (χ2n) is 5.60. The number of hydrogen-bond acceptors (Lipinski definition) is 5. The highest BCUT2D eigenvalue weighted by Gasteiger charge is 2.08. The van der Waals surface area contributed by atoms with Crippen molar-refractivity contribution in [2.24, 2.45) is 0 Å². The van der Waals surface area contributed by atoms with Crippen LogP contribution in [0.1, 0.15) is 45.0 Å². The minimum Gasteiger partial charge on any atom is -0.383 e. The van der Waals surface area contributed by atoms with Gasteiger partial charge >= 0.3 is 0 Å². The summed E-state index contributed by atoms with van der Waals surface area (Å²) in [4.78, 5) is 11.2. The van der Waals surface area contributed by atoms with Crippen molar-refractivity contribution in [3.8, 4) is 0 Å². The molecule has 1 aromatic rings. The number of hydrogen-bond donors (Lipinski definition) is 2. The van der Waals surface area contributed by atoms with Crippen LogP contribution in [-0.2, 0) is 6.42 Å². The van der Waals surface area contributed by atoms with Gasteiger partial charge < -0.3 is 16.0 Å². The molecule has 1 rings (SSSR count). The molecule has 0 fully saturated rings. The fraction of sp³-hybridized carbons (Fsp3) is 0.733. The van der Waals surface area contributed by atoms with Crippen molar-refractivity contribution in [3.05, 3.63) is 11.4 Å². The van der Waals surface area contributed by atoms with E-state index in [9.17, 15) is 0 Å². The Morgan fingerprint density at radius 3 is 2.60 bits per heavy atom. The second-order valence-corrected chi connectivity index (χ2v) is 5.60. The monoisotopic (exact) mass is 279 g/mol. The van der Waals surface area contributed by atoms with Gasteiger partial charge in [0.25, 0.3) is 0 Å². The van der Waals surface area contributed by atoms with E-state index < -0.39 is 0 Å². The van der Waals surface area contributed by atoms with Crippen molar-refractivity contribution in [3.63, 3.8) is 0 Å². The van der Waals surface area contributed by atoms with Crippen LogP contribution in [-0.4, -0.2) is 41.0 Å². The highest BCUT2D eigenvalue weighted by Crippen LogP contribution is 2.17. The molecule has 1 heterocycles. The summed E-state index contributed by atoms with van der Waals surface area (Å²) < 4.78 is 0. The van der Waals surface area contributed by atoms with E-state index in [1.54, 1.807) is 0 Å².